The fourth-order valence-electron chi connectivity index (χ4n) is 3.20. The first-order valence-electron chi connectivity index (χ1n) is 8.17. The van der Waals surface area contributed by atoms with Gasteiger partial charge in [0, 0.05) is 30.5 Å². The summed E-state index contributed by atoms with van der Waals surface area (Å²) in [6.07, 6.45) is 2.29. The molecule has 122 valence electrons. The maximum absolute atomic E-state index is 9.59. The van der Waals surface area contributed by atoms with Crippen molar-refractivity contribution in [2.75, 3.05) is 18.4 Å². The summed E-state index contributed by atoms with van der Waals surface area (Å²) >= 11 is 0. The van der Waals surface area contributed by atoms with E-state index in [9.17, 15) is 5.11 Å². The number of aryl methyl sites for hydroxylation is 2. The lowest BCUT2D eigenvalue weighted by Gasteiger charge is -2.33. The van der Waals surface area contributed by atoms with Gasteiger partial charge >= 0.3 is 0 Å². The van der Waals surface area contributed by atoms with Gasteiger partial charge in [-0.25, -0.2) is 9.97 Å². The normalized spacial score (nSPS) is 18.8. The van der Waals surface area contributed by atoms with E-state index in [-0.39, 0.29) is 0 Å². The molecule has 0 saturated carbocycles. The number of aromatic hydroxyl groups is 1. The first-order chi connectivity index (χ1) is 11.1. The topological polar surface area (TPSA) is 61.3 Å². The van der Waals surface area contributed by atoms with E-state index in [1.165, 1.54) is 0 Å². The van der Waals surface area contributed by atoms with E-state index in [0.717, 1.165) is 55.4 Å². The predicted octanol–water partition coefficient (Wildman–Crippen LogP) is 2.88. The maximum Gasteiger partial charge on any atom is 0.223 e. The van der Waals surface area contributed by atoms with Gasteiger partial charge in [-0.1, -0.05) is 12.1 Å². The number of nitrogens with zero attached hydrogens (tertiary/aromatic N) is 3. The van der Waals surface area contributed by atoms with Crippen LogP contribution in [0.25, 0.3) is 0 Å². The molecule has 0 amide bonds. The van der Waals surface area contributed by atoms with E-state index >= 15 is 0 Å². The number of anilines is 1. The minimum atomic E-state index is 0.331. The number of hydrogen-bond donors (Lipinski definition) is 2. The molecule has 0 unspecified atom stereocenters. The van der Waals surface area contributed by atoms with Crippen molar-refractivity contribution < 1.29 is 5.11 Å². The molecule has 1 aromatic heterocycles. The van der Waals surface area contributed by atoms with Crippen LogP contribution in [-0.2, 0) is 6.54 Å². The minimum absolute atomic E-state index is 0.331. The molecule has 0 radical (unpaired) electrons. The predicted molar refractivity (Wildman–Crippen MR) is 91.5 cm³/mol. The lowest BCUT2D eigenvalue weighted by atomic mass is 10.0. The Morgan fingerprint density at radius 1 is 1.22 bits per heavy atom. The number of likely N-dealkylation sites (tertiary alicyclic amines) is 1. The summed E-state index contributed by atoms with van der Waals surface area (Å²) in [4.78, 5) is 11.4. The Morgan fingerprint density at radius 2 is 2.00 bits per heavy atom. The standard InChI is InChI=1S/C18H24N4O/c1-13-9-14(2)20-18(19-13)21-16-6-4-8-22(12-16)11-15-5-3-7-17(23)10-15/h3,5,7,9-10,16,23H,4,6,8,11-12H2,1-2H3,(H,19,20,21)/t16-/m1/s1. The van der Waals surface area contributed by atoms with E-state index in [1.54, 1.807) is 6.07 Å². The molecular weight excluding hydrogens is 288 g/mol. The van der Waals surface area contributed by atoms with E-state index in [1.807, 2.05) is 32.0 Å². The fourth-order valence-corrected chi connectivity index (χ4v) is 3.20. The van der Waals surface area contributed by atoms with Crippen molar-refractivity contribution in [2.45, 2.75) is 39.3 Å². The molecule has 1 aromatic carbocycles. The zero-order chi connectivity index (χ0) is 16.2. The van der Waals surface area contributed by atoms with Crippen molar-refractivity contribution in [3.05, 3.63) is 47.3 Å². The third-order valence-electron chi connectivity index (χ3n) is 4.14. The second-order valence-electron chi connectivity index (χ2n) is 6.36. The van der Waals surface area contributed by atoms with Crippen LogP contribution >= 0.6 is 0 Å². The molecular formula is C18H24N4O. The summed E-state index contributed by atoms with van der Waals surface area (Å²) < 4.78 is 0. The number of phenols is 1. The van der Waals surface area contributed by atoms with Crippen molar-refractivity contribution in [3.63, 3.8) is 0 Å². The Bertz CT molecular complexity index is 654. The Hall–Kier alpha value is -2.14. The van der Waals surface area contributed by atoms with Gasteiger partial charge < -0.3 is 10.4 Å². The van der Waals surface area contributed by atoms with Gasteiger partial charge in [-0.3, -0.25) is 4.90 Å². The third kappa shape index (κ3) is 4.42. The molecule has 1 atom stereocenters. The summed E-state index contributed by atoms with van der Waals surface area (Å²) in [5.41, 5.74) is 3.13. The monoisotopic (exact) mass is 312 g/mol. The number of rotatable bonds is 4. The highest BCUT2D eigenvalue weighted by atomic mass is 16.3. The molecule has 2 N–H and O–H groups in total. The van der Waals surface area contributed by atoms with Crippen LogP contribution < -0.4 is 5.32 Å². The number of phenolic OH excluding ortho intramolecular Hbond substituents is 1. The second kappa shape index (κ2) is 6.96. The molecule has 0 aliphatic carbocycles. The summed E-state index contributed by atoms with van der Waals surface area (Å²) in [6, 6.07) is 9.85. The van der Waals surface area contributed by atoms with Crippen LogP contribution in [0.5, 0.6) is 5.75 Å². The first kappa shape index (κ1) is 15.7. The van der Waals surface area contributed by atoms with Crippen molar-refractivity contribution in [1.29, 1.82) is 0 Å². The van der Waals surface area contributed by atoms with Crippen molar-refractivity contribution in [1.82, 2.24) is 14.9 Å². The molecule has 1 aliphatic heterocycles. The van der Waals surface area contributed by atoms with Crippen molar-refractivity contribution in [2.24, 2.45) is 0 Å². The van der Waals surface area contributed by atoms with Gasteiger partial charge in [-0.05, 0) is 57.0 Å². The summed E-state index contributed by atoms with van der Waals surface area (Å²) in [5, 5.41) is 13.1. The SMILES string of the molecule is Cc1cc(C)nc(N[C@@H]2CCCN(Cc3cccc(O)c3)C2)n1. The minimum Gasteiger partial charge on any atom is -0.508 e. The van der Waals surface area contributed by atoms with Gasteiger partial charge in [0.15, 0.2) is 0 Å². The zero-order valence-corrected chi connectivity index (χ0v) is 13.8. The smallest absolute Gasteiger partial charge is 0.223 e. The van der Waals surface area contributed by atoms with Gasteiger partial charge in [0.2, 0.25) is 5.95 Å². The van der Waals surface area contributed by atoms with Crippen LogP contribution in [0.1, 0.15) is 29.8 Å². The quantitative estimate of drug-likeness (QED) is 0.909. The maximum atomic E-state index is 9.59. The van der Waals surface area contributed by atoms with Gasteiger partial charge in [0.05, 0.1) is 0 Å². The van der Waals surface area contributed by atoms with E-state index in [4.69, 9.17) is 0 Å². The lowest BCUT2D eigenvalue weighted by Crippen LogP contribution is -2.41. The van der Waals surface area contributed by atoms with Gasteiger partial charge in [-0.2, -0.15) is 0 Å². The average molecular weight is 312 g/mol. The molecule has 3 rings (SSSR count). The zero-order valence-electron chi connectivity index (χ0n) is 13.8. The van der Waals surface area contributed by atoms with Gasteiger partial charge in [0.25, 0.3) is 0 Å². The summed E-state index contributed by atoms with van der Waals surface area (Å²) in [6.45, 7) is 6.90. The Labute approximate surface area is 137 Å². The van der Waals surface area contributed by atoms with Crippen LogP contribution in [-0.4, -0.2) is 39.1 Å². The number of benzene rings is 1. The van der Waals surface area contributed by atoms with Crippen LogP contribution in [0.15, 0.2) is 30.3 Å². The number of aromatic nitrogens is 2. The first-order valence-corrected chi connectivity index (χ1v) is 8.17. The van der Waals surface area contributed by atoms with E-state index in [0.29, 0.717) is 11.8 Å². The highest BCUT2D eigenvalue weighted by Gasteiger charge is 2.20. The summed E-state index contributed by atoms with van der Waals surface area (Å²) in [7, 11) is 0. The van der Waals surface area contributed by atoms with Crippen LogP contribution in [0.2, 0.25) is 0 Å². The number of hydrogen-bond acceptors (Lipinski definition) is 5. The molecule has 5 heteroatoms. The fraction of sp³-hybridized carbons (Fsp3) is 0.444. The number of nitrogens with one attached hydrogen (secondary N) is 1. The molecule has 0 spiro atoms. The molecule has 23 heavy (non-hydrogen) atoms. The molecule has 0 bridgehead atoms. The van der Waals surface area contributed by atoms with Crippen LogP contribution in [0, 0.1) is 13.8 Å². The second-order valence-corrected chi connectivity index (χ2v) is 6.36. The third-order valence-corrected chi connectivity index (χ3v) is 4.14. The van der Waals surface area contributed by atoms with Crippen molar-refractivity contribution in [3.8, 4) is 5.75 Å². The van der Waals surface area contributed by atoms with E-state index in [2.05, 4.69) is 26.3 Å². The molecule has 1 fully saturated rings. The molecule has 1 aliphatic rings. The lowest BCUT2D eigenvalue weighted by molar-refractivity contribution is 0.208. The Kier molecular flexibility index (Phi) is 4.76. The highest BCUT2D eigenvalue weighted by molar-refractivity contribution is 5.30. The van der Waals surface area contributed by atoms with Gasteiger partial charge in [-0.15, -0.1) is 0 Å². The average Bonchev–Trinajstić information content (AvgIpc) is 2.46. The van der Waals surface area contributed by atoms with Gasteiger partial charge in [0.1, 0.15) is 5.75 Å². The van der Waals surface area contributed by atoms with E-state index < -0.39 is 0 Å². The Balaban J connectivity index is 1.61. The highest BCUT2D eigenvalue weighted by Crippen LogP contribution is 2.18. The van der Waals surface area contributed by atoms with Crippen LogP contribution in [0.3, 0.4) is 0 Å². The molecule has 1 saturated heterocycles. The summed E-state index contributed by atoms with van der Waals surface area (Å²) in [5.74, 6) is 1.06. The van der Waals surface area contributed by atoms with Crippen LogP contribution in [0.4, 0.5) is 5.95 Å². The largest absolute Gasteiger partial charge is 0.508 e. The number of piperidine rings is 1. The van der Waals surface area contributed by atoms with Crippen molar-refractivity contribution >= 4 is 5.95 Å². The Morgan fingerprint density at radius 3 is 2.74 bits per heavy atom. The molecule has 2 aromatic rings. The molecule has 5 nitrogen and oxygen atoms in total. The molecule has 2 heterocycles.